The molecule has 2 N–H and O–H groups in total. The van der Waals surface area contributed by atoms with E-state index in [0.717, 1.165) is 5.56 Å². The Labute approximate surface area is 76.8 Å². The fourth-order valence-electron chi connectivity index (χ4n) is 1.05. The maximum absolute atomic E-state index is 10.9. The van der Waals surface area contributed by atoms with Crippen molar-refractivity contribution in [3.63, 3.8) is 0 Å². The predicted octanol–water partition coefficient (Wildman–Crippen LogP) is 1.25. The Hall–Kier alpha value is -1.82. The van der Waals surface area contributed by atoms with Crippen molar-refractivity contribution in [3.05, 3.63) is 41.8 Å². The number of hydrogen-bond acceptors (Lipinski definition) is 2. The zero-order valence-corrected chi connectivity index (χ0v) is 7.03. The lowest BCUT2D eigenvalue weighted by atomic mass is 10.0. The van der Waals surface area contributed by atoms with Gasteiger partial charge < -0.3 is 5.73 Å². The fourth-order valence-corrected chi connectivity index (χ4v) is 1.05. The van der Waals surface area contributed by atoms with Crippen LogP contribution < -0.4 is 5.73 Å². The third-order valence-electron chi connectivity index (χ3n) is 1.64. The van der Waals surface area contributed by atoms with Crippen LogP contribution in [0.25, 0.3) is 0 Å². The first kappa shape index (κ1) is 9.27. The van der Waals surface area contributed by atoms with Crippen molar-refractivity contribution < 1.29 is 4.79 Å². The lowest BCUT2D eigenvalue weighted by Crippen LogP contribution is -2.13. The molecule has 0 bridgehead atoms. The van der Waals surface area contributed by atoms with E-state index in [-0.39, 0.29) is 6.42 Å². The number of benzene rings is 1. The topological polar surface area (TPSA) is 66.9 Å². The zero-order chi connectivity index (χ0) is 9.68. The molecule has 0 saturated heterocycles. The highest BCUT2D eigenvalue weighted by molar-refractivity contribution is 5.94. The molecule has 1 rings (SSSR count). The van der Waals surface area contributed by atoms with E-state index >= 15 is 0 Å². The number of nitrogens with two attached hydrogens (primary N) is 1. The fraction of sp³-hybridized carbons (Fsp3) is 0.100. The first-order valence-corrected chi connectivity index (χ1v) is 3.84. The van der Waals surface area contributed by atoms with E-state index < -0.39 is 5.91 Å². The van der Waals surface area contributed by atoms with Gasteiger partial charge in [0.1, 0.15) is 0 Å². The molecule has 0 unspecified atom stereocenters. The summed E-state index contributed by atoms with van der Waals surface area (Å²) in [7, 11) is 0. The van der Waals surface area contributed by atoms with E-state index in [1.165, 1.54) is 0 Å². The number of hydrogen-bond donors (Lipinski definition) is 1. The van der Waals surface area contributed by atoms with E-state index in [1.54, 1.807) is 30.7 Å². The molecular formula is C10H9N2O. The number of carbonyl (C=O) groups is 1. The Morgan fingerprint density at radius 3 is 2.85 bits per heavy atom. The van der Waals surface area contributed by atoms with Crippen molar-refractivity contribution in [2.24, 2.45) is 5.73 Å². The lowest BCUT2D eigenvalue weighted by molar-refractivity contribution is 0.1000. The molecule has 0 atom stereocenters. The van der Waals surface area contributed by atoms with Gasteiger partial charge in [-0.15, -0.1) is 0 Å². The lowest BCUT2D eigenvalue weighted by Gasteiger charge is -2.02. The average molecular weight is 173 g/mol. The van der Waals surface area contributed by atoms with E-state index in [4.69, 9.17) is 11.0 Å². The van der Waals surface area contributed by atoms with Gasteiger partial charge in [-0.2, -0.15) is 5.26 Å². The van der Waals surface area contributed by atoms with Crippen LogP contribution in [0, 0.1) is 17.8 Å². The molecule has 0 aliphatic rings. The van der Waals surface area contributed by atoms with Crippen LogP contribution in [0.1, 0.15) is 22.3 Å². The van der Waals surface area contributed by atoms with E-state index in [0.29, 0.717) is 5.56 Å². The van der Waals surface area contributed by atoms with Crippen molar-refractivity contribution in [3.8, 4) is 6.07 Å². The zero-order valence-electron chi connectivity index (χ0n) is 7.03. The molecule has 65 valence electrons. The Kier molecular flexibility index (Phi) is 3.04. The summed E-state index contributed by atoms with van der Waals surface area (Å²) in [6, 6.07) is 8.92. The quantitative estimate of drug-likeness (QED) is 0.747. The highest BCUT2D eigenvalue weighted by Gasteiger charge is 2.05. The van der Waals surface area contributed by atoms with Crippen molar-refractivity contribution in [1.29, 1.82) is 5.26 Å². The molecular weight excluding hydrogens is 164 g/mol. The number of rotatable bonds is 3. The molecule has 1 aromatic rings. The van der Waals surface area contributed by atoms with Gasteiger partial charge >= 0.3 is 0 Å². The first-order valence-electron chi connectivity index (χ1n) is 3.84. The minimum atomic E-state index is -0.468. The number of primary amides is 1. The average Bonchev–Trinajstić information content (AvgIpc) is 2.15. The number of carbonyl (C=O) groups excluding carboxylic acids is 1. The largest absolute Gasteiger partial charge is 0.366 e. The van der Waals surface area contributed by atoms with Crippen molar-refractivity contribution in [2.75, 3.05) is 0 Å². The number of amides is 1. The van der Waals surface area contributed by atoms with Gasteiger partial charge in [-0.05, 0) is 11.6 Å². The van der Waals surface area contributed by atoms with Crippen molar-refractivity contribution in [2.45, 2.75) is 6.42 Å². The van der Waals surface area contributed by atoms with Crippen LogP contribution in [0.4, 0.5) is 0 Å². The molecule has 3 nitrogen and oxygen atoms in total. The Bertz CT molecular complexity index is 352. The van der Waals surface area contributed by atoms with Gasteiger partial charge in [0.15, 0.2) is 0 Å². The van der Waals surface area contributed by atoms with Gasteiger partial charge in [0.25, 0.3) is 0 Å². The van der Waals surface area contributed by atoms with Crippen molar-refractivity contribution >= 4 is 5.91 Å². The molecule has 0 aliphatic heterocycles. The molecule has 0 saturated carbocycles. The van der Waals surface area contributed by atoms with E-state index in [2.05, 4.69) is 0 Å². The molecule has 1 aromatic carbocycles. The SMILES string of the molecule is N#CC[CH]c1ccccc1C(N)=O. The third-order valence-corrected chi connectivity index (χ3v) is 1.64. The second-order valence-corrected chi connectivity index (χ2v) is 2.52. The van der Waals surface area contributed by atoms with Gasteiger partial charge in [0.2, 0.25) is 5.91 Å². The predicted molar refractivity (Wildman–Crippen MR) is 48.6 cm³/mol. The third kappa shape index (κ3) is 2.31. The summed E-state index contributed by atoms with van der Waals surface area (Å²) in [5.74, 6) is -0.468. The molecule has 0 fully saturated rings. The molecule has 13 heavy (non-hydrogen) atoms. The normalized spacial score (nSPS) is 9.15. The molecule has 0 spiro atoms. The van der Waals surface area contributed by atoms with Gasteiger partial charge in [0.05, 0.1) is 6.07 Å². The maximum Gasteiger partial charge on any atom is 0.248 e. The van der Waals surface area contributed by atoms with Gasteiger partial charge in [-0.25, -0.2) is 0 Å². The number of nitriles is 1. The van der Waals surface area contributed by atoms with Crippen LogP contribution in [0.3, 0.4) is 0 Å². The Morgan fingerprint density at radius 2 is 2.23 bits per heavy atom. The second-order valence-electron chi connectivity index (χ2n) is 2.52. The highest BCUT2D eigenvalue weighted by Crippen LogP contribution is 2.11. The molecule has 1 amide bonds. The first-order chi connectivity index (χ1) is 6.25. The maximum atomic E-state index is 10.9. The summed E-state index contributed by atoms with van der Waals surface area (Å²) >= 11 is 0. The van der Waals surface area contributed by atoms with Gasteiger partial charge in [-0.1, -0.05) is 18.2 Å². The van der Waals surface area contributed by atoms with Crippen LogP contribution in [0.2, 0.25) is 0 Å². The van der Waals surface area contributed by atoms with Crippen molar-refractivity contribution in [1.82, 2.24) is 0 Å². The minimum Gasteiger partial charge on any atom is -0.366 e. The Balaban J connectivity index is 2.92. The van der Waals surface area contributed by atoms with E-state index in [9.17, 15) is 4.79 Å². The molecule has 0 aromatic heterocycles. The van der Waals surface area contributed by atoms with Crippen LogP contribution in [-0.4, -0.2) is 5.91 Å². The molecule has 1 radical (unpaired) electrons. The van der Waals surface area contributed by atoms with Crippen LogP contribution in [0.15, 0.2) is 24.3 Å². The smallest absolute Gasteiger partial charge is 0.248 e. The minimum absolute atomic E-state index is 0.282. The summed E-state index contributed by atoms with van der Waals surface area (Å²) in [4.78, 5) is 10.9. The standard InChI is InChI=1S/C10H9N2O/c11-7-3-5-8-4-1-2-6-9(8)10(12)13/h1-2,4-6H,3H2,(H2,12,13). The highest BCUT2D eigenvalue weighted by atomic mass is 16.1. The van der Waals surface area contributed by atoms with E-state index in [1.807, 2.05) is 6.07 Å². The molecule has 3 heteroatoms. The summed E-state index contributed by atoms with van der Waals surface area (Å²) in [5.41, 5.74) is 6.32. The van der Waals surface area contributed by atoms with Crippen LogP contribution in [-0.2, 0) is 0 Å². The number of nitrogens with zero attached hydrogens (tertiary/aromatic N) is 1. The van der Waals surface area contributed by atoms with Gasteiger partial charge in [-0.3, -0.25) is 4.79 Å². The second kappa shape index (κ2) is 4.27. The van der Waals surface area contributed by atoms with Gasteiger partial charge in [0, 0.05) is 18.4 Å². The molecule has 0 heterocycles. The van der Waals surface area contributed by atoms with Crippen LogP contribution >= 0.6 is 0 Å². The summed E-state index contributed by atoms with van der Waals surface area (Å²) in [5, 5.41) is 8.36. The summed E-state index contributed by atoms with van der Waals surface area (Å²) in [6.07, 6.45) is 1.96. The molecule has 0 aliphatic carbocycles. The van der Waals surface area contributed by atoms with Crippen LogP contribution in [0.5, 0.6) is 0 Å². The Morgan fingerprint density at radius 1 is 1.54 bits per heavy atom. The monoisotopic (exact) mass is 173 g/mol. The summed E-state index contributed by atoms with van der Waals surface area (Å²) in [6.45, 7) is 0. The summed E-state index contributed by atoms with van der Waals surface area (Å²) < 4.78 is 0.